The second-order valence-electron chi connectivity index (χ2n) is 5.48. The topological polar surface area (TPSA) is 20.3 Å². The first-order valence-corrected chi connectivity index (χ1v) is 9.26. The van der Waals surface area contributed by atoms with Crippen molar-refractivity contribution in [3.05, 3.63) is 58.5 Å². The molecule has 0 unspecified atom stereocenters. The Morgan fingerprint density at radius 1 is 1.24 bits per heavy atom. The molecule has 1 aromatic carbocycles. The van der Waals surface area contributed by atoms with Crippen LogP contribution in [0.3, 0.4) is 0 Å². The van der Waals surface area contributed by atoms with E-state index in [1.165, 1.54) is 16.7 Å². The van der Waals surface area contributed by atoms with Crippen LogP contribution in [0.15, 0.2) is 46.0 Å². The van der Waals surface area contributed by atoms with Crippen molar-refractivity contribution in [1.29, 1.82) is 0 Å². The van der Waals surface area contributed by atoms with Gasteiger partial charge in [-0.25, -0.2) is 0 Å². The number of nitrogens with zero attached hydrogens (tertiary/aromatic N) is 1. The fourth-order valence-electron chi connectivity index (χ4n) is 2.62. The lowest BCUT2D eigenvalue weighted by molar-refractivity contribution is 0.417. The Morgan fingerprint density at radius 2 is 2.05 bits per heavy atom. The van der Waals surface area contributed by atoms with Gasteiger partial charge < -0.3 is 4.90 Å². The van der Waals surface area contributed by atoms with Crippen LogP contribution in [0.2, 0.25) is 0 Å². The van der Waals surface area contributed by atoms with Gasteiger partial charge in [0.25, 0.3) is 0 Å². The Labute approximate surface area is 132 Å². The van der Waals surface area contributed by atoms with Crippen molar-refractivity contribution in [2.75, 3.05) is 20.6 Å². The summed E-state index contributed by atoms with van der Waals surface area (Å²) in [5.74, 6) is 0.620. The second-order valence-corrected chi connectivity index (χ2v) is 8.04. The van der Waals surface area contributed by atoms with Gasteiger partial charge >= 0.3 is 0 Å². The lowest BCUT2D eigenvalue weighted by Gasteiger charge is -2.11. The molecule has 21 heavy (non-hydrogen) atoms. The van der Waals surface area contributed by atoms with Crippen molar-refractivity contribution in [2.24, 2.45) is 0 Å². The van der Waals surface area contributed by atoms with E-state index in [0.717, 1.165) is 22.7 Å². The third kappa shape index (κ3) is 3.03. The predicted octanol–water partition coefficient (Wildman–Crippen LogP) is 3.75. The van der Waals surface area contributed by atoms with Crippen LogP contribution in [0.4, 0.5) is 0 Å². The highest BCUT2D eigenvalue weighted by molar-refractivity contribution is 7.86. The van der Waals surface area contributed by atoms with E-state index in [2.05, 4.69) is 54.7 Å². The summed E-state index contributed by atoms with van der Waals surface area (Å²) in [7, 11) is 3.25. The van der Waals surface area contributed by atoms with E-state index < -0.39 is 10.8 Å². The maximum Gasteiger partial charge on any atom is 0.0992 e. The van der Waals surface area contributed by atoms with E-state index in [4.69, 9.17) is 0 Å². The van der Waals surface area contributed by atoms with Crippen molar-refractivity contribution < 1.29 is 4.21 Å². The molecule has 0 N–H and O–H groups in total. The van der Waals surface area contributed by atoms with Crippen LogP contribution in [0.1, 0.15) is 23.1 Å². The minimum Gasteiger partial charge on any atom is -0.309 e. The highest BCUT2D eigenvalue weighted by Gasteiger charge is 2.23. The monoisotopic (exact) mass is 317 g/mol. The number of rotatable bonds is 3. The Hall–Kier alpha value is -1.23. The van der Waals surface area contributed by atoms with Gasteiger partial charge in [-0.2, -0.15) is 0 Å². The Bertz CT molecular complexity index is 700. The van der Waals surface area contributed by atoms with Crippen molar-refractivity contribution in [3.8, 4) is 0 Å². The van der Waals surface area contributed by atoms with Crippen molar-refractivity contribution >= 4 is 27.7 Å². The number of benzene rings is 1. The zero-order valence-electron chi connectivity index (χ0n) is 12.3. The predicted molar refractivity (Wildman–Crippen MR) is 91.1 cm³/mol. The fourth-order valence-corrected chi connectivity index (χ4v) is 5.11. The molecular weight excluding hydrogens is 298 g/mol. The van der Waals surface area contributed by atoms with Crippen LogP contribution in [0, 0.1) is 0 Å². The molecule has 1 aliphatic heterocycles. The molecule has 1 aromatic heterocycles. The van der Waals surface area contributed by atoms with Crippen LogP contribution < -0.4 is 0 Å². The zero-order valence-corrected chi connectivity index (χ0v) is 14.0. The van der Waals surface area contributed by atoms with E-state index in [1.54, 1.807) is 11.3 Å². The molecule has 2 aromatic rings. The molecule has 0 spiro atoms. The standard InChI is InChI=1S/C17H19NOS2/c1-18(2)10-5-8-15-14-7-4-3-6-13(14)12-21(19)17-16(15)9-11-20-17/h3-4,6-9,11H,5,10,12H2,1-2H3/b15-8-/t21-/m1/s1. The molecule has 3 rings (SSSR count). The number of fused-ring (bicyclic) bond motifs is 2. The summed E-state index contributed by atoms with van der Waals surface area (Å²) in [6, 6.07) is 10.5. The van der Waals surface area contributed by atoms with Gasteiger partial charge in [0.1, 0.15) is 0 Å². The second kappa shape index (κ2) is 6.26. The Balaban J connectivity index is 2.10. The summed E-state index contributed by atoms with van der Waals surface area (Å²) in [6.07, 6.45) is 3.30. The molecule has 0 bridgehead atoms. The van der Waals surface area contributed by atoms with E-state index in [1.807, 2.05) is 6.07 Å². The van der Waals surface area contributed by atoms with Crippen molar-refractivity contribution in [2.45, 2.75) is 16.4 Å². The van der Waals surface area contributed by atoms with Crippen LogP contribution in [0.5, 0.6) is 0 Å². The molecule has 0 amide bonds. The van der Waals surface area contributed by atoms with Crippen LogP contribution in [-0.4, -0.2) is 29.7 Å². The van der Waals surface area contributed by atoms with Crippen LogP contribution in [0.25, 0.3) is 5.57 Å². The van der Waals surface area contributed by atoms with E-state index in [0.29, 0.717) is 5.75 Å². The van der Waals surface area contributed by atoms with Crippen molar-refractivity contribution in [3.63, 3.8) is 0 Å². The minimum atomic E-state index is -0.931. The number of hydrogen-bond donors (Lipinski definition) is 0. The van der Waals surface area contributed by atoms with Crippen molar-refractivity contribution in [1.82, 2.24) is 4.90 Å². The Morgan fingerprint density at radius 3 is 2.86 bits per heavy atom. The molecule has 0 aliphatic carbocycles. The van der Waals surface area contributed by atoms with E-state index >= 15 is 0 Å². The molecular formula is C17H19NOS2. The molecule has 110 valence electrons. The quantitative estimate of drug-likeness (QED) is 0.859. The third-order valence-electron chi connectivity index (χ3n) is 3.65. The SMILES string of the molecule is CN(C)CC/C=C1/c2ccccc2C[S@@](=O)c2sccc21. The highest BCUT2D eigenvalue weighted by atomic mass is 32.2. The van der Waals surface area contributed by atoms with Crippen LogP contribution >= 0.6 is 11.3 Å². The maximum absolute atomic E-state index is 12.5. The van der Waals surface area contributed by atoms with Gasteiger partial charge in [-0.3, -0.25) is 4.21 Å². The number of hydrogen-bond acceptors (Lipinski definition) is 3. The van der Waals surface area contributed by atoms with Gasteiger partial charge in [0.2, 0.25) is 0 Å². The maximum atomic E-state index is 12.5. The largest absolute Gasteiger partial charge is 0.309 e. The molecule has 0 fully saturated rings. The first kappa shape index (κ1) is 14.7. The third-order valence-corrected chi connectivity index (χ3v) is 6.40. The molecule has 0 radical (unpaired) electrons. The first-order chi connectivity index (χ1) is 10.2. The average molecular weight is 317 g/mol. The molecule has 2 nitrogen and oxygen atoms in total. The lowest BCUT2D eigenvalue weighted by atomic mass is 9.95. The highest BCUT2D eigenvalue weighted by Crippen LogP contribution is 2.38. The smallest absolute Gasteiger partial charge is 0.0992 e. The number of thiophene rings is 1. The fraction of sp³-hybridized carbons (Fsp3) is 0.294. The molecule has 1 atom stereocenters. The van der Waals surface area contributed by atoms with Crippen LogP contribution in [-0.2, 0) is 16.6 Å². The zero-order chi connectivity index (χ0) is 14.8. The average Bonchev–Trinajstić information content (AvgIpc) is 2.90. The summed E-state index contributed by atoms with van der Waals surface area (Å²) >= 11 is 1.61. The van der Waals surface area contributed by atoms with Gasteiger partial charge in [-0.1, -0.05) is 30.3 Å². The molecule has 1 aliphatic rings. The van der Waals surface area contributed by atoms with Gasteiger partial charge in [-0.15, -0.1) is 11.3 Å². The normalized spacial score (nSPS) is 19.4. The van der Waals surface area contributed by atoms with E-state index in [-0.39, 0.29) is 0 Å². The molecule has 0 saturated heterocycles. The Kier molecular flexibility index (Phi) is 4.38. The molecule has 2 heterocycles. The summed E-state index contributed by atoms with van der Waals surface area (Å²) < 4.78 is 13.6. The summed E-state index contributed by atoms with van der Waals surface area (Å²) in [6.45, 7) is 1.02. The van der Waals surface area contributed by atoms with Gasteiger partial charge in [0.15, 0.2) is 0 Å². The summed E-state index contributed by atoms with van der Waals surface area (Å²) in [5.41, 5.74) is 4.83. The molecule has 4 heteroatoms. The summed E-state index contributed by atoms with van der Waals surface area (Å²) in [5, 5.41) is 2.05. The van der Waals surface area contributed by atoms with Gasteiger partial charge in [0.05, 0.1) is 20.8 Å². The summed E-state index contributed by atoms with van der Waals surface area (Å²) in [4.78, 5) is 2.19. The van der Waals surface area contributed by atoms with E-state index in [9.17, 15) is 4.21 Å². The minimum absolute atomic E-state index is 0.620. The van der Waals surface area contributed by atoms with Gasteiger partial charge in [0, 0.05) is 12.1 Å². The van der Waals surface area contributed by atoms with Gasteiger partial charge in [-0.05, 0) is 48.7 Å². The lowest BCUT2D eigenvalue weighted by Crippen LogP contribution is -2.12. The first-order valence-electron chi connectivity index (χ1n) is 7.06. The molecule has 0 saturated carbocycles.